The fraction of sp³-hybridized carbons (Fsp3) is 0.842. The average molecular weight is 354 g/mol. The number of rotatable bonds is 5. The number of amides is 1. The van der Waals surface area contributed by atoms with Crippen LogP contribution < -0.4 is 0 Å². The summed E-state index contributed by atoms with van der Waals surface area (Å²) in [6, 6.07) is 0. The number of hydrogen-bond acceptors (Lipinski definition) is 5. The summed E-state index contributed by atoms with van der Waals surface area (Å²) >= 11 is 0. The van der Waals surface area contributed by atoms with Crippen molar-refractivity contribution in [2.24, 2.45) is 10.8 Å². The highest BCUT2D eigenvalue weighted by atomic mass is 16.1. The van der Waals surface area contributed by atoms with Gasteiger partial charge in [0.1, 0.15) is 0 Å². The second-order valence-electron chi connectivity index (χ2n) is 9.04. The zero-order chi connectivity index (χ0) is 19.3. The first kappa shape index (κ1) is 21.8. The van der Waals surface area contributed by atoms with Crippen LogP contribution in [0.15, 0.2) is 0 Å². The van der Waals surface area contributed by atoms with E-state index in [-0.39, 0.29) is 22.4 Å². The molecule has 0 radical (unpaired) electrons. The lowest BCUT2D eigenvalue weighted by atomic mass is 9.90. The van der Waals surface area contributed by atoms with Gasteiger partial charge in [-0.15, -0.1) is 0 Å². The number of hydrogen-bond donors (Lipinski definition) is 0. The number of carbonyl (C=O) groups is 3. The second-order valence-corrected chi connectivity index (χ2v) is 9.04. The molecule has 0 N–H and O–H groups in total. The Labute approximate surface area is 152 Å². The molecule has 0 aromatic heterocycles. The summed E-state index contributed by atoms with van der Waals surface area (Å²) < 4.78 is 0. The maximum atomic E-state index is 12.4. The van der Waals surface area contributed by atoms with E-state index < -0.39 is 0 Å². The molecule has 144 valence electrons. The Morgan fingerprint density at radius 1 is 0.720 bits per heavy atom. The fourth-order valence-corrected chi connectivity index (χ4v) is 2.46. The van der Waals surface area contributed by atoms with Gasteiger partial charge >= 0.3 is 0 Å². The quantitative estimate of drug-likeness (QED) is 0.697. The smallest absolute Gasteiger partial charge is 0.209 e. The van der Waals surface area contributed by atoms with E-state index in [1.807, 2.05) is 41.5 Å². The van der Waals surface area contributed by atoms with Crippen LogP contribution in [-0.4, -0.2) is 85.0 Å². The maximum Gasteiger partial charge on any atom is 0.209 e. The lowest BCUT2D eigenvalue weighted by Gasteiger charge is -2.28. The molecule has 1 aliphatic heterocycles. The number of ketones is 2. The third-order valence-electron chi connectivity index (χ3n) is 4.70. The standard InChI is InChI=1S/C19H35N3O3/c1-18(2,3)16(24)13-20-7-8-21(14-17(25)19(4,5)6)10-12-22(15-23)11-9-20/h15H,7-14H2,1-6H3. The molecule has 1 amide bonds. The Bertz CT molecular complexity index is 437. The van der Waals surface area contributed by atoms with Crippen molar-refractivity contribution in [3.05, 3.63) is 0 Å². The highest BCUT2D eigenvalue weighted by molar-refractivity contribution is 5.86. The predicted molar refractivity (Wildman–Crippen MR) is 99.4 cm³/mol. The summed E-state index contributed by atoms with van der Waals surface area (Å²) in [6.07, 6.45) is 0.860. The molecule has 1 rings (SSSR count). The summed E-state index contributed by atoms with van der Waals surface area (Å²) in [5.74, 6) is 0.392. The van der Waals surface area contributed by atoms with Crippen molar-refractivity contribution in [1.29, 1.82) is 0 Å². The largest absolute Gasteiger partial charge is 0.343 e. The topological polar surface area (TPSA) is 60.9 Å². The summed E-state index contributed by atoms with van der Waals surface area (Å²) in [6.45, 7) is 16.4. The lowest BCUT2D eigenvalue weighted by Crippen LogP contribution is -2.43. The molecule has 6 heteroatoms. The van der Waals surface area contributed by atoms with Crippen LogP contribution >= 0.6 is 0 Å². The molecular weight excluding hydrogens is 318 g/mol. The zero-order valence-corrected chi connectivity index (χ0v) is 16.8. The van der Waals surface area contributed by atoms with E-state index in [4.69, 9.17) is 0 Å². The third kappa shape index (κ3) is 7.65. The molecular formula is C19H35N3O3. The van der Waals surface area contributed by atoms with Crippen molar-refractivity contribution < 1.29 is 14.4 Å². The Balaban J connectivity index is 2.77. The molecule has 1 aliphatic rings. The summed E-state index contributed by atoms with van der Waals surface area (Å²) in [4.78, 5) is 41.9. The minimum atomic E-state index is -0.370. The lowest BCUT2D eigenvalue weighted by molar-refractivity contribution is -0.128. The van der Waals surface area contributed by atoms with Crippen molar-refractivity contribution in [2.45, 2.75) is 41.5 Å². The SMILES string of the molecule is CC(C)(C)C(=O)CN1CCN(C=O)CCN(CC(=O)C(C)(C)C)CC1. The minimum absolute atomic E-state index is 0.196. The van der Waals surface area contributed by atoms with E-state index in [2.05, 4.69) is 9.80 Å². The predicted octanol–water partition coefficient (Wildman–Crippen LogP) is 1.29. The first-order valence-corrected chi connectivity index (χ1v) is 9.14. The van der Waals surface area contributed by atoms with Gasteiger partial charge in [0.05, 0.1) is 13.1 Å². The molecule has 6 nitrogen and oxygen atoms in total. The van der Waals surface area contributed by atoms with E-state index in [1.54, 1.807) is 4.90 Å². The first-order valence-electron chi connectivity index (χ1n) is 9.14. The molecule has 1 heterocycles. The second kappa shape index (κ2) is 8.90. The van der Waals surface area contributed by atoms with Gasteiger partial charge in [0.25, 0.3) is 0 Å². The maximum absolute atomic E-state index is 12.4. The van der Waals surface area contributed by atoms with Crippen molar-refractivity contribution in [3.63, 3.8) is 0 Å². The summed E-state index contributed by atoms with van der Waals surface area (Å²) in [7, 11) is 0. The van der Waals surface area contributed by atoms with E-state index in [1.165, 1.54) is 0 Å². The van der Waals surface area contributed by atoms with Crippen LogP contribution in [0, 0.1) is 10.8 Å². The Morgan fingerprint density at radius 3 is 1.32 bits per heavy atom. The molecule has 0 aromatic rings. The van der Waals surface area contributed by atoms with Crippen LogP contribution in [-0.2, 0) is 14.4 Å². The van der Waals surface area contributed by atoms with E-state index in [9.17, 15) is 14.4 Å². The molecule has 0 atom stereocenters. The van der Waals surface area contributed by atoms with Gasteiger partial charge in [-0.2, -0.15) is 0 Å². The zero-order valence-electron chi connectivity index (χ0n) is 16.8. The first-order chi connectivity index (χ1) is 11.4. The normalized spacial score (nSPS) is 19.0. The van der Waals surface area contributed by atoms with Crippen LogP contribution in [0.5, 0.6) is 0 Å². The number of carbonyl (C=O) groups excluding carboxylic acids is 3. The Hall–Kier alpha value is -1.27. The van der Waals surface area contributed by atoms with Crippen LogP contribution in [0.1, 0.15) is 41.5 Å². The Morgan fingerprint density at radius 2 is 1.04 bits per heavy atom. The van der Waals surface area contributed by atoms with Gasteiger partial charge in [0.15, 0.2) is 11.6 Å². The molecule has 0 bridgehead atoms. The molecule has 0 spiro atoms. The summed E-state index contributed by atoms with van der Waals surface area (Å²) in [5.41, 5.74) is -0.741. The van der Waals surface area contributed by atoms with E-state index in [0.717, 1.165) is 19.5 Å². The van der Waals surface area contributed by atoms with Crippen LogP contribution in [0.25, 0.3) is 0 Å². The number of nitrogens with zero attached hydrogens (tertiary/aromatic N) is 3. The molecule has 0 saturated carbocycles. The van der Waals surface area contributed by atoms with Crippen molar-refractivity contribution in [1.82, 2.24) is 14.7 Å². The van der Waals surface area contributed by atoms with Gasteiger partial charge in [-0.3, -0.25) is 24.2 Å². The molecule has 0 unspecified atom stereocenters. The number of Topliss-reactive ketones (excluding diaryl/α,β-unsaturated/α-hetero) is 2. The molecule has 0 aromatic carbocycles. The summed E-state index contributed by atoms with van der Waals surface area (Å²) in [5, 5.41) is 0. The van der Waals surface area contributed by atoms with Gasteiger partial charge in [0, 0.05) is 50.1 Å². The van der Waals surface area contributed by atoms with Crippen molar-refractivity contribution >= 4 is 18.0 Å². The molecule has 1 saturated heterocycles. The van der Waals surface area contributed by atoms with Gasteiger partial charge < -0.3 is 4.90 Å². The molecule has 1 fully saturated rings. The fourth-order valence-electron chi connectivity index (χ4n) is 2.46. The Kier molecular flexibility index (Phi) is 7.75. The molecule has 25 heavy (non-hydrogen) atoms. The van der Waals surface area contributed by atoms with E-state index in [0.29, 0.717) is 39.3 Å². The van der Waals surface area contributed by atoms with Gasteiger partial charge in [-0.1, -0.05) is 41.5 Å². The van der Waals surface area contributed by atoms with Gasteiger partial charge in [-0.25, -0.2) is 0 Å². The highest BCUT2D eigenvalue weighted by Gasteiger charge is 2.27. The van der Waals surface area contributed by atoms with Crippen molar-refractivity contribution in [3.8, 4) is 0 Å². The minimum Gasteiger partial charge on any atom is -0.343 e. The van der Waals surface area contributed by atoms with Crippen LogP contribution in [0.4, 0.5) is 0 Å². The average Bonchev–Trinajstić information content (AvgIpc) is 2.57. The van der Waals surface area contributed by atoms with Crippen LogP contribution in [0.2, 0.25) is 0 Å². The highest BCUT2D eigenvalue weighted by Crippen LogP contribution is 2.17. The van der Waals surface area contributed by atoms with E-state index >= 15 is 0 Å². The van der Waals surface area contributed by atoms with Crippen molar-refractivity contribution in [2.75, 3.05) is 52.4 Å². The van der Waals surface area contributed by atoms with Crippen LogP contribution in [0.3, 0.4) is 0 Å². The van der Waals surface area contributed by atoms with Gasteiger partial charge in [-0.05, 0) is 0 Å². The van der Waals surface area contributed by atoms with Gasteiger partial charge in [0.2, 0.25) is 6.41 Å². The molecule has 0 aliphatic carbocycles. The monoisotopic (exact) mass is 353 g/mol. The third-order valence-corrected chi connectivity index (χ3v) is 4.70.